The van der Waals surface area contributed by atoms with Crippen LogP contribution >= 0.6 is 11.6 Å². The molecule has 4 nitrogen and oxygen atoms in total. The predicted octanol–water partition coefficient (Wildman–Crippen LogP) is 0.310. The summed E-state index contributed by atoms with van der Waals surface area (Å²) in [5, 5.41) is 14.2. The molecule has 66 valence electrons. The minimum absolute atomic E-state index is 0.128. The third-order valence-corrected chi connectivity index (χ3v) is 1.64. The van der Waals surface area contributed by atoms with Gasteiger partial charge >= 0.3 is 0 Å². The van der Waals surface area contributed by atoms with E-state index < -0.39 is 5.97 Å². The largest absolute Gasteiger partial charge is 0.543 e. The Balaban J connectivity index is 2.92. The molecule has 0 saturated heterocycles. The molecule has 0 amide bonds. The van der Waals surface area contributed by atoms with E-state index >= 15 is 0 Å². The maximum atomic E-state index is 10.4. The van der Waals surface area contributed by atoms with Crippen LogP contribution in [-0.2, 0) is 6.54 Å². The summed E-state index contributed by atoms with van der Waals surface area (Å²) in [4.78, 5) is 10.4. The Bertz CT molecular complexity index is 296. The van der Waals surface area contributed by atoms with Crippen molar-refractivity contribution in [3.8, 4) is 0 Å². The zero-order valence-corrected chi connectivity index (χ0v) is 7.34. The maximum absolute atomic E-state index is 10.4. The Morgan fingerprint density at radius 1 is 1.83 bits per heavy atom. The van der Waals surface area contributed by atoms with Crippen molar-refractivity contribution >= 4 is 17.6 Å². The topological polar surface area (TPSA) is 58.0 Å². The minimum Gasteiger partial charge on any atom is -0.543 e. The molecule has 1 heterocycles. The number of carboxylic acids is 1. The van der Waals surface area contributed by atoms with Gasteiger partial charge in [-0.05, 0) is 6.42 Å². The predicted molar refractivity (Wildman–Crippen MR) is 41.9 cm³/mol. The van der Waals surface area contributed by atoms with Gasteiger partial charge in [-0.25, -0.2) is 0 Å². The van der Waals surface area contributed by atoms with Crippen LogP contribution in [0.15, 0.2) is 6.20 Å². The molecule has 0 atom stereocenters. The van der Waals surface area contributed by atoms with E-state index in [2.05, 4.69) is 5.10 Å². The maximum Gasteiger partial charge on any atom is 0.126 e. The first-order valence-electron chi connectivity index (χ1n) is 3.59. The molecule has 0 radical (unpaired) electrons. The van der Waals surface area contributed by atoms with Gasteiger partial charge in [-0.1, -0.05) is 18.5 Å². The summed E-state index contributed by atoms with van der Waals surface area (Å²) in [6, 6.07) is 0. The fraction of sp³-hybridized carbons (Fsp3) is 0.429. The van der Waals surface area contributed by atoms with Crippen molar-refractivity contribution in [2.24, 2.45) is 0 Å². The lowest BCUT2D eigenvalue weighted by atomic mass is 10.4. The van der Waals surface area contributed by atoms with E-state index in [1.165, 1.54) is 10.9 Å². The van der Waals surface area contributed by atoms with Gasteiger partial charge in [-0.2, -0.15) is 5.10 Å². The molecule has 1 rings (SSSR count). The van der Waals surface area contributed by atoms with Gasteiger partial charge in [0.15, 0.2) is 0 Å². The number of carbonyl (C=O) groups excluding carboxylic acids is 1. The van der Waals surface area contributed by atoms with E-state index in [0.29, 0.717) is 6.54 Å². The van der Waals surface area contributed by atoms with Crippen LogP contribution in [0.1, 0.15) is 23.8 Å². The summed E-state index contributed by atoms with van der Waals surface area (Å²) in [7, 11) is 0. The molecule has 5 heteroatoms. The van der Waals surface area contributed by atoms with E-state index in [-0.39, 0.29) is 10.7 Å². The molecular formula is C7H8ClN2O2-. The number of carboxylic acid groups (broad SMARTS) is 1. The molecule has 0 spiro atoms. The summed E-state index contributed by atoms with van der Waals surface area (Å²) < 4.78 is 1.49. The smallest absolute Gasteiger partial charge is 0.126 e. The highest BCUT2D eigenvalue weighted by atomic mass is 35.5. The zero-order valence-electron chi connectivity index (χ0n) is 6.58. The van der Waals surface area contributed by atoms with Gasteiger partial charge < -0.3 is 9.90 Å². The lowest BCUT2D eigenvalue weighted by Crippen LogP contribution is -2.23. The summed E-state index contributed by atoms with van der Waals surface area (Å²) in [6.45, 7) is 2.63. The summed E-state index contributed by atoms with van der Waals surface area (Å²) in [6.07, 6.45) is 2.36. The number of rotatable bonds is 3. The van der Waals surface area contributed by atoms with Crippen molar-refractivity contribution in [2.45, 2.75) is 19.9 Å². The monoisotopic (exact) mass is 187 g/mol. The fourth-order valence-electron chi connectivity index (χ4n) is 0.879. The van der Waals surface area contributed by atoms with Gasteiger partial charge in [0.1, 0.15) is 5.69 Å². The van der Waals surface area contributed by atoms with Crippen LogP contribution in [-0.4, -0.2) is 15.7 Å². The molecule has 12 heavy (non-hydrogen) atoms. The minimum atomic E-state index is -1.34. The van der Waals surface area contributed by atoms with Crippen LogP contribution in [0.25, 0.3) is 0 Å². The molecule has 0 aromatic carbocycles. The quantitative estimate of drug-likeness (QED) is 0.685. The van der Waals surface area contributed by atoms with Crippen molar-refractivity contribution in [1.29, 1.82) is 0 Å². The number of halogens is 1. The molecule has 0 bridgehead atoms. The molecule has 0 unspecified atom stereocenters. The Hall–Kier alpha value is -1.03. The van der Waals surface area contributed by atoms with Crippen LogP contribution in [0.5, 0.6) is 0 Å². The van der Waals surface area contributed by atoms with Crippen LogP contribution in [0.3, 0.4) is 0 Å². The van der Waals surface area contributed by atoms with Crippen LogP contribution in [0.4, 0.5) is 0 Å². The van der Waals surface area contributed by atoms with E-state index in [1.807, 2.05) is 6.92 Å². The first kappa shape index (κ1) is 9.06. The van der Waals surface area contributed by atoms with E-state index in [4.69, 9.17) is 11.6 Å². The normalized spacial score (nSPS) is 10.2. The number of nitrogens with zero attached hydrogens (tertiary/aromatic N) is 2. The standard InChI is InChI=1S/C7H9ClN2O2/c1-2-3-10-4-5(8)6(9-10)7(11)12/h4H,2-3H2,1H3,(H,11,12)/p-1. The van der Waals surface area contributed by atoms with Gasteiger partial charge in [0.25, 0.3) is 0 Å². The fourth-order valence-corrected chi connectivity index (χ4v) is 1.11. The van der Waals surface area contributed by atoms with E-state index in [9.17, 15) is 9.90 Å². The third kappa shape index (κ3) is 1.76. The average molecular weight is 188 g/mol. The van der Waals surface area contributed by atoms with Crippen LogP contribution < -0.4 is 5.11 Å². The first-order chi connectivity index (χ1) is 5.65. The van der Waals surface area contributed by atoms with Gasteiger partial charge in [0, 0.05) is 12.7 Å². The lowest BCUT2D eigenvalue weighted by molar-refractivity contribution is -0.255. The number of aryl methyl sites for hydroxylation is 1. The summed E-state index contributed by atoms with van der Waals surface area (Å²) in [5.41, 5.74) is -0.190. The number of hydrogen-bond acceptors (Lipinski definition) is 3. The second kappa shape index (κ2) is 3.58. The van der Waals surface area contributed by atoms with Crippen molar-refractivity contribution in [3.63, 3.8) is 0 Å². The zero-order chi connectivity index (χ0) is 9.14. The van der Waals surface area contributed by atoms with E-state index in [1.54, 1.807) is 0 Å². The van der Waals surface area contributed by atoms with Crippen molar-refractivity contribution in [3.05, 3.63) is 16.9 Å². The lowest BCUT2D eigenvalue weighted by Gasteiger charge is -1.96. The number of aromatic nitrogens is 2. The molecule has 0 aliphatic carbocycles. The Labute approximate surface area is 74.8 Å². The van der Waals surface area contributed by atoms with Gasteiger partial charge in [0.2, 0.25) is 0 Å². The highest BCUT2D eigenvalue weighted by Crippen LogP contribution is 2.12. The SMILES string of the molecule is CCCn1cc(Cl)c(C(=O)[O-])n1. The van der Waals surface area contributed by atoms with Crippen molar-refractivity contribution < 1.29 is 9.90 Å². The number of hydrogen-bond donors (Lipinski definition) is 0. The Kier molecular flexibility index (Phi) is 2.70. The second-order valence-electron chi connectivity index (χ2n) is 2.38. The molecule has 0 aliphatic heterocycles. The van der Waals surface area contributed by atoms with Crippen molar-refractivity contribution in [2.75, 3.05) is 0 Å². The first-order valence-corrected chi connectivity index (χ1v) is 3.97. The molecule has 0 aliphatic rings. The molecule has 0 N–H and O–H groups in total. The highest BCUT2D eigenvalue weighted by molar-refractivity contribution is 6.33. The second-order valence-corrected chi connectivity index (χ2v) is 2.78. The van der Waals surface area contributed by atoms with Gasteiger partial charge in [-0.3, -0.25) is 4.68 Å². The molecule has 1 aromatic heterocycles. The van der Waals surface area contributed by atoms with Gasteiger partial charge in [0.05, 0.1) is 11.0 Å². The van der Waals surface area contributed by atoms with Crippen LogP contribution in [0, 0.1) is 0 Å². The Morgan fingerprint density at radius 2 is 2.50 bits per heavy atom. The van der Waals surface area contributed by atoms with Crippen molar-refractivity contribution in [1.82, 2.24) is 9.78 Å². The molecular weight excluding hydrogens is 180 g/mol. The molecule has 0 saturated carbocycles. The van der Waals surface area contributed by atoms with E-state index in [0.717, 1.165) is 6.42 Å². The average Bonchev–Trinajstić information content (AvgIpc) is 2.32. The number of carbonyl (C=O) groups is 1. The summed E-state index contributed by atoms with van der Waals surface area (Å²) >= 11 is 5.57. The third-order valence-electron chi connectivity index (χ3n) is 1.36. The number of aromatic carboxylic acids is 1. The summed E-state index contributed by atoms with van der Waals surface area (Å²) in [5.74, 6) is -1.34. The van der Waals surface area contributed by atoms with Gasteiger partial charge in [-0.15, -0.1) is 0 Å². The van der Waals surface area contributed by atoms with Crippen LogP contribution in [0.2, 0.25) is 5.02 Å². The highest BCUT2D eigenvalue weighted by Gasteiger charge is 2.06. The molecule has 1 aromatic rings. The molecule has 0 fully saturated rings. The Morgan fingerprint density at radius 3 is 2.92 bits per heavy atom.